The first kappa shape index (κ1) is 26.8. The van der Waals surface area contributed by atoms with E-state index in [0.717, 1.165) is 55.5 Å². The number of hydroxylamine groups is 1. The maximum Gasteiger partial charge on any atom is 0.320 e. The lowest BCUT2D eigenvalue weighted by Crippen LogP contribution is -2.43. The molecule has 0 saturated carbocycles. The van der Waals surface area contributed by atoms with Crippen molar-refractivity contribution in [1.29, 1.82) is 0 Å². The fourth-order valence-electron chi connectivity index (χ4n) is 3.71. The number of allylic oxidation sites excluding steroid dienone is 1. The number of nitrogens with one attached hydrogen (secondary N) is 3. The van der Waals surface area contributed by atoms with Gasteiger partial charge in [0.15, 0.2) is 0 Å². The second-order valence-electron chi connectivity index (χ2n) is 9.85. The number of nitrogens with zero attached hydrogens (tertiary/aromatic N) is 1. The fourth-order valence-corrected chi connectivity index (χ4v) is 3.93. The Bertz CT molecular complexity index is 1180. The van der Waals surface area contributed by atoms with Gasteiger partial charge in [0.1, 0.15) is 24.3 Å². The molecule has 196 valence electrons. The summed E-state index contributed by atoms with van der Waals surface area (Å²) in [6, 6.07) is 12.5. The van der Waals surface area contributed by atoms with Gasteiger partial charge in [-0.05, 0) is 42.5 Å². The van der Waals surface area contributed by atoms with E-state index in [-0.39, 0.29) is 11.4 Å². The molecule has 0 bridgehead atoms. The second kappa shape index (κ2) is 12.3. The van der Waals surface area contributed by atoms with Crippen molar-refractivity contribution in [2.45, 2.75) is 26.9 Å². The number of amides is 2. The summed E-state index contributed by atoms with van der Waals surface area (Å²) in [6.45, 7) is 11.0. The number of hydrogen-bond acceptors (Lipinski definition) is 6. The summed E-state index contributed by atoms with van der Waals surface area (Å²) in [7, 11) is 0. The highest BCUT2D eigenvalue weighted by Crippen LogP contribution is 2.28. The lowest BCUT2D eigenvalue weighted by atomic mass is 9.94. The second-order valence-corrected chi connectivity index (χ2v) is 10.3. The van der Waals surface area contributed by atoms with Gasteiger partial charge in [0.05, 0.1) is 18.2 Å². The normalized spacial score (nSPS) is 17.7. The predicted octanol–water partition coefficient (Wildman–Crippen LogP) is 4.36. The first-order chi connectivity index (χ1) is 17.8. The van der Waals surface area contributed by atoms with Crippen LogP contribution in [0.5, 0.6) is 5.75 Å². The van der Waals surface area contributed by atoms with Crippen LogP contribution in [-0.4, -0.2) is 56.6 Å². The Hall–Kier alpha value is -3.22. The van der Waals surface area contributed by atoms with E-state index in [1.807, 2.05) is 51.1 Å². The van der Waals surface area contributed by atoms with Crippen LogP contribution in [0.15, 0.2) is 54.3 Å². The summed E-state index contributed by atoms with van der Waals surface area (Å²) >= 11 is 6.43. The molecule has 2 aliphatic heterocycles. The van der Waals surface area contributed by atoms with Gasteiger partial charge in [-0.3, -0.25) is 4.90 Å². The number of morpholine rings is 1. The van der Waals surface area contributed by atoms with Gasteiger partial charge < -0.3 is 24.9 Å². The number of carbonyl (C=O) groups is 1. The Morgan fingerprint density at radius 3 is 2.59 bits per heavy atom. The number of benzene rings is 2. The Kier molecular flexibility index (Phi) is 8.95. The molecule has 2 aromatic rings. The number of rotatable bonds is 6. The van der Waals surface area contributed by atoms with E-state index in [1.54, 1.807) is 18.2 Å². The number of ether oxygens (including phenoxy) is 2. The van der Waals surface area contributed by atoms with Crippen LogP contribution in [0.3, 0.4) is 0 Å². The number of urea groups is 1. The first-order valence-electron chi connectivity index (χ1n) is 12.3. The third kappa shape index (κ3) is 8.14. The molecular formula is C28H33ClN4O4. The molecule has 3 N–H and O–H groups in total. The monoisotopic (exact) mass is 524 g/mol. The Morgan fingerprint density at radius 2 is 1.92 bits per heavy atom. The standard InChI is InChI=1S/C28H33ClN4O4/c1-28(2,3)25-19-26(32-37-25)31-27(34)30-22-9-5-20(6-10-22)4-7-21-8-11-23(18-24(21)29)36-17-14-33-12-15-35-16-13-33/h5-6,8-11,18-19,26,32H,12-17H2,1-3H3,(H2,30,31,34). The maximum atomic E-state index is 12.3. The van der Waals surface area contributed by atoms with E-state index in [4.69, 9.17) is 25.9 Å². The van der Waals surface area contributed by atoms with Gasteiger partial charge >= 0.3 is 6.03 Å². The molecule has 9 heteroatoms. The molecule has 1 saturated heterocycles. The molecule has 2 aromatic carbocycles. The van der Waals surface area contributed by atoms with Crippen molar-refractivity contribution < 1.29 is 19.1 Å². The molecule has 37 heavy (non-hydrogen) atoms. The first-order valence-corrected chi connectivity index (χ1v) is 12.7. The average molecular weight is 525 g/mol. The summed E-state index contributed by atoms with van der Waals surface area (Å²) < 4.78 is 11.2. The molecule has 0 radical (unpaired) electrons. The van der Waals surface area contributed by atoms with Crippen molar-refractivity contribution in [3.8, 4) is 17.6 Å². The zero-order valence-corrected chi connectivity index (χ0v) is 22.2. The highest BCUT2D eigenvalue weighted by atomic mass is 35.5. The van der Waals surface area contributed by atoms with Crippen molar-refractivity contribution in [3.05, 3.63) is 70.4 Å². The van der Waals surface area contributed by atoms with E-state index in [1.165, 1.54) is 0 Å². The smallest absolute Gasteiger partial charge is 0.320 e. The lowest BCUT2D eigenvalue weighted by Gasteiger charge is -2.26. The van der Waals surface area contributed by atoms with E-state index in [9.17, 15) is 4.79 Å². The summed E-state index contributed by atoms with van der Waals surface area (Å²) in [5.41, 5.74) is 4.83. The number of halogens is 1. The van der Waals surface area contributed by atoms with Crippen molar-refractivity contribution in [1.82, 2.24) is 15.7 Å². The van der Waals surface area contributed by atoms with Crippen LogP contribution in [0.1, 0.15) is 31.9 Å². The Labute approximate surface area is 223 Å². The minimum absolute atomic E-state index is 0.139. The number of hydrogen-bond donors (Lipinski definition) is 3. The van der Waals surface area contributed by atoms with E-state index >= 15 is 0 Å². The topological polar surface area (TPSA) is 84.1 Å². The highest BCUT2D eigenvalue weighted by Gasteiger charge is 2.27. The van der Waals surface area contributed by atoms with E-state index < -0.39 is 6.17 Å². The van der Waals surface area contributed by atoms with E-state index in [0.29, 0.717) is 17.3 Å². The molecule has 0 aromatic heterocycles. The van der Waals surface area contributed by atoms with E-state index in [2.05, 4.69) is 32.9 Å². The van der Waals surface area contributed by atoms with Crippen LogP contribution >= 0.6 is 11.6 Å². The molecule has 2 aliphatic rings. The molecule has 1 fully saturated rings. The maximum absolute atomic E-state index is 12.3. The largest absolute Gasteiger partial charge is 0.492 e. The minimum Gasteiger partial charge on any atom is -0.492 e. The summed E-state index contributed by atoms with van der Waals surface area (Å²) in [6.07, 6.45) is 1.46. The molecule has 8 nitrogen and oxygen atoms in total. The van der Waals surface area contributed by atoms with Crippen LogP contribution < -0.4 is 20.9 Å². The summed E-state index contributed by atoms with van der Waals surface area (Å²) in [5, 5.41) is 6.16. The molecule has 1 atom stereocenters. The molecule has 1 unspecified atom stereocenters. The molecule has 0 aliphatic carbocycles. The number of carbonyl (C=O) groups excluding carboxylic acids is 1. The molecule has 2 heterocycles. The van der Waals surface area contributed by atoms with Gasteiger partial charge in [0.25, 0.3) is 0 Å². The van der Waals surface area contributed by atoms with Gasteiger partial charge in [0, 0.05) is 47.9 Å². The Morgan fingerprint density at radius 1 is 1.16 bits per heavy atom. The molecule has 4 rings (SSSR count). The van der Waals surface area contributed by atoms with Crippen LogP contribution in [0.25, 0.3) is 0 Å². The Balaban J connectivity index is 1.26. The van der Waals surface area contributed by atoms with Crippen LogP contribution in [0, 0.1) is 17.3 Å². The van der Waals surface area contributed by atoms with Gasteiger partial charge in [-0.15, -0.1) is 5.48 Å². The van der Waals surface area contributed by atoms with Crippen LogP contribution in [0.2, 0.25) is 5.02 Å². The third-order valence-electron chi connectivity index (χ3n) is 5.84. The summed E-state index contributed by atoms with van der Waals surface area (Å²) in [4.78, 5) is 20.1. The molecule has 2 amide bonds. The zero-order valence-electron chi connectivity index (χ0n) is 21.4. The van der Waals surface area contributed by atoms with Crippen molar-refractivity contribution in [2.24, 2.45) is 5.41 Å². The van der Waals surface area contributed by atoms with Crippen LogP contribution in [-0.2, 0) is 9.57 Å². The van der Waals surface area contributed by atoms with Crippen molar-refractivity contribution >= 4 is 23.3 Å². The van der Waals surface area contributed by atoms with Crippen molar-refractivity contribution in [2.75, 3.05) is 44.8 Å². The van der Waals surface area contributed by atoms with Gasteiger partial charge in [-0.25, -0.2) is 4.79 Å². The number of anilines is 1. The lowest BCUT2D eigenvalue weighted by molar-refractivity contribution is 0.0322. The quantitative estimate of drug-likeness (QED) is 0.487. The summed E-state index contributed by atoms with van der Waals surface area (Å²) in [5.74, 6) is 7.72. The SMILES string of the molecule is CC(C)(C)C1=CC(NC(=O)Nc2ccc(C#Cc3ccc(OCCN4CCOCC4)cc3Cl)cc2)NO1. The molecule has 0 spiro atoms. The van der Waals surface area contributed by atoms with Crippen LogP contribution in [0.4, 0.5) is 10.5 Å². The molecular weight excluding hydrogens is 492 g/mol. The minimum atomic E-state index is -0.398. The van der Waals surface area contributed by atoms with Crippen molar-refractivity contribution in [3.63, 3.8) is 0 Å². The third-order valence-corrected chi connectivity index (χ3v) is 6.16. The zero-order chi connectivity index (χ0) is 26.3. The fraction of sp³-hybridized carbons (Fsp3) is 0.393. The average Bonchev–Trinajstić information content (AvgIpc) is 3.34. The highest BCUT2D eigenvalue weighted by molar-refractivity contribution is 6.31. The van der Waals surface area contributed by atoms with Gasteiger partial charge in [-0.2, -0.15) is 0 Å². The van der Waals surface area contributed by atoms with Gasteiger partial charge in [0.2, 0.25) is 0 Å². The predicted molar refractivity (Wildman–Crippen MR) is 144 cm³/mol. The van der Waals surface area contributed by atoms with Gasteiger partial charge in [-0.1, -0.05) is 44.2 Å².